The fraction of sp³-hybridized carbons (Fsp3) is 0.0741. The lowest BCUT2D eigenvalue weighted by Gasteiger charge is -2.08. The van der Waals surface area contributed by atoms with Crippen molar-refractivity contribution in [2.24, 2.45) is 0 Å². The van der Waals surface area contributed by atoms with E-state index in [0.29, 0.717) is 5.57 Å². The first-order valence-corrected chi connectivity index (χ1v) is 11.3. The van der Waals surface area contributed by atoms with Crippen molar-refractivity contribution in [1.82, 2.24) is 24.8 Å². The molecule has 4 heterocycles. The van der Waals surface area contributed by atoms with E-state index in [-0.39, 0.29) is 30.1 Å². The van der Waals surface area contributed by atoms with Gasteiger partial charge in [-0.25, -0.2) is 4.98 Å². The summed E-state index contributed by atoms with van der Waals surface area (Å²) in [6.07, 6.45) is 11.9. The Hall–Kier alpha value is -5.05. The third-order valence-electron chi connectivity index (χ3n) is 5.66. The van der Waals surface area contributed by atoms with E-state index in [9.17, 15) is 14.4 Å². The molecule has 4 aromatic rings. The molecule has 0 radical (unpaired) electrons. The summed E-state index contributed by atoms with van der Waals surface area (Å²) in [5.41, 5.74) is 4.12. The quantitative estimate of drug-likeness (QED) is 0.353. The number of rotatable bonds is 7. The second-order valence-electron chi connectivity index (χ2n) is 8.11. The van der Waals surface area contributed by atoms with Gasteiger partial charge in [-0.05, 0) is 42.0 Å². The number of hydrogen-bond donors (Lipinski definition) is 3. The van der Waals surface area contributed by atoms with Crippen LogP contribution in [0, 0.1) is 0 Å². The van der Waals surface area contributed by atoms with Gasteiger partial charge in [0.2, 0.25) is 0 Å². The Morgan fingerprint density at radius 3 is 2.83 bits per heavy atom. The minimum Gasteiger partial charge on any atom is -0.348 e. The Labute approximate surface area is 206 Å². The summed E-state index contributed by atoms with van der Waals surface area (Å²) in [6, 6.07) is 14.3. The maximum absolute atomic E-state index is 12.7. The lowest BCUT2D eigenvalue weighted by molar-refractivity contribution is -0.110. The highest BCUT2D eigenvalue weighted by atomic mass is 16.2. The molecule has 0 saturated carbocycles. The highest BCUT2D eigenvalue weighted by Gasteiger charge is 2.24. The van der Waals surface area contributed by atoms with Crippen molar-refractivity contribution in [2.45, 2.75) is 6.54 Å². The van der Waals surface area contributed by atoms with E-state index >= 15 is 0 Å². The molecular formula is C27H22N6O3. The molecule has 36 heavy (non-hydrogen) atoms. The number of H-pyrrole nitrogens is 1. The van der Waals surface area contributed by atoms with Crippen LogP contribution in [0.2, 0.25) is 0 Å². The van der Waals surface area contributed by atoms with Crippen molar-refractivity contribution in [3.63, 3.8) is 0 Å². The van der Waals surface area contributed by atoms with Gasteiger partial charge in [0.05, 0.1) is 36.0 Å². The number of aromatic nitrogens is 4. The smallest absolute Gasteiger partial charge is 0.263 e. The molecule has 3 aromatic heterocycles. The first-order valence-electron chi connectivity index (χ1n) is 11.3. The summed E-state index contributed by atoms with van der Waals surface area (Å²) in [4.78, 5) is 48.9. The summed E-state index contributed by atoms with van der Waals surface area (Å²) in [6.45, 7) is 0.524. The highest BCUT2D eigenvalue weighted by Crippen LogP contribution is 2.33. The zero-order chi connectivity index (χ0) is 24.9. The lowest BCUT2D eigenvalue weighted by atomic mass is 10.0. The van der Waals surface area contributed by atoms with Crippen LogP contribution in [0.3, 0.4) is 0 Å². The fourth-order valence-electron chi connectivity index (χ4n) is 3.90. The number of nitrogens with zero attached hydrogens (tertiary/aromatic N) is 3. The third kappa shape index (κ3) is 4.90. The van der Waals surface area contributed by atoms with E-state index in [2.05, 4.69) is 25.6 Å². The van der Waals surface area contributed by atoms with Gasteiger partial charge in [0, 0.05) is 30.2 Å². The summed E-state index contributed by atoms with van der Waals surface area (Å²) >= 11 is 0. The van der Waals surface area contributed by atoms with Gasteiger partial charge >= 0.3 is 0 Å². The number of carbonyl (C=O) groups excluding carboxylic acids is 2. The molecule has 0 aliphatic carbocycles. The third-order valence-corrected chi connectivity index (χ3v) is 5.66. The van der Waals surface area contributed by atoms with Crippen LogP contribution in [0.15, 0.2) is 84.3 Å². The van der Waals surface area contributed by atoms with Crippen LogP contribution in [0.1, 0.15) is 32.9 Å². The molecular weight excluding hydrogens is 456 g/mol. The van der Waals surface area contributed by atoms with Crippen molar-refractivity contribution < 1.29 is 9.59 Å². The molecule has 9 heteroatoms. The number of amides is 2. The van der Waals surface area contributed by atoms with E-state index in [0.717, 1.165) is 28.2 Å². The molecule has 178 valence electrons. The van der Waals surface area contributed by atoms with Gasteiger partial charge in [-0.2, -0.15) is 0 Å². The molecule has 1 aliphatic rings. The number of pyridine rings is 2. The van der Waals surface area contributed by atoms with Crippen molar-refractivity contribution in [3.05, 3.63) is 118 Å². The molecule has 0 bridgehead atoms. The van der Waals surface area contributed by atoms with Gasteiger partial charge in [0.1, 0.15) is 5.56 Å². The van der Waals surface area contributed by atoms with Gasteiger partial charge in [-0.3, -0.25) is 19.4 Å². The monoisotopic (exact) mass is 478 g/mol. The first kappa shape index (κ1) is 22.7. The maximum atomic E-state index is 12.7. The summed E-state index contributed by atoms with van der Waals surface area (Å²) in [5, 5.41) is 5.62. The number of imidazole rings is 1. The number of hydrogen-bond acceptors (Lipinski definition) is 5. The molecule has 0 fully saturated rings. The van der Waals surface area contributed by atoms with E-state index < -0.39 is 5.91 Å². The molecule has 1 aromatic carbocycles. The van der Waals surface area contributed by atoms with Gasteiger partial charge in [-0.1, -0.05) is 30.4 Å². The van der Waals surface area contributed by atoms with Gasteiger partial charge in [0.25, 0.3) is 17.4 Å². The number of anilines is 1. The predicted molar refractivity (Wildman–Crippen MR) is 137 cm³/mol. The summed E-state index contributed by atoms with van der Waals surface area (Å²) in [7, 11) is 0. The van der Waals surface area contributed by atoms with Crippen LogP contribution < -0.4 is 16.2 Å². The molecule has 0 saturated heterocycles. The zero-order valence-corrected chi connectivity index (χ0v) is 19.1. The van der Waals surface area contributed by atoms with E-state index in [1.807, 2.05) is 36.4 Å². The second-order valence-corrected chi connectivity index (χ2v) is 8.11. The minimum absolute atomic E-state index is 0.0682. The van der Waals surface area contributed by atoms with Crippen LogP contribution in [0.4, 0.5) is 5.69 Å². The average Bonchev–Trinajstić information content (AvgIpc) is 3.51. The predicted octanol–water partition coefficient (Wildman–Crippen LogP) is 2.95. The first-order chi connectivity index (χ1) is 17.6. The van der Waals surface area contributed by atoms with Crippen molar-refractivity contribution in [1.29, 1.82) is 0 Å². The summed E-state index contributed by atoms with van der Waals surface area (Å²) in [5.74, 6) is -0.626. The zero-order valence-electron chi connectivity index (χ0n) is 19.1. The lowest BCUT2D eigenvalue weighted by Crippen LogP contribution is -2.33. The Balaban J connectivity index is 1.22. The van der Waals surface area contributed by atoms with Crippen LogP contribution >= 0.6 is 0 Å². The molecule has 5 rings (SSSR count). The van der Waals surface area contributed by atoms with Gasteiger partial charge in [0.15, 0.2) is 0 Å². The molecule has 3 N–H and O–H groups in total. The molecule has 9 nitrogen and oxygen atoms in total. The maximum Gasteiger partial charge on any atom is 0.263 e. The molecule has 0 atom stereocenters. The van der Waals surface area contributed by atoms with Gasteiger partial charge in [-0.15, -0.1) is 0 Å². The highest BCUT2D eigenvalue weighted by molar-refractivity contribution is 6.34. The molecule has 0 spiro atoms. The van der Waals surface area contributed by atoms with Gasteiger partial charge < -0.3 is 20.2 Å². The Morgan fingerprint density at radius 2 is 2.03 bits per heavy atom. The van der Waals surface area contributed by atoms with E-state index in [1.165, 1.54) is 10.6 Å². The van der Waals surface area contributed by atoms with Crippen LogP contribution in [0.5, 0.6) is 0 Å². The largest absolute Gasteiger partial charge is 0.348 e. The number of aromatic amines is 1. The Kier molecular flexibility index (Phi) is 6.35. The van der Waals surface area contributed by atoms with E-state index in [1.54, 1.807) is 49.2 Å². The summed E-state index contributed by atoms with van der Waals surface area (Å²) < 4.78 is 1.46. The fourth-order valence-corrected chi connectivity index (χ4v) is 3.90. The SMILES string of the molecule is O=C1Nc2cc(C=CCNC(=O)c3cccn(Cc4ccccn4)c3=O)ccc2C1=Cc1cnc[nH]1. The van der Waals surface area contributed by atoms with Crippen molar-refractivity contribution >= 4 is 35.2 Å². The number of nitrogens with one attached hydrogen (secondary N) is 3. The Morgan fingerprint density at radius 1 is 1.11 bits per heavy atom. The number of benzene rings is 1. The van der Waals surface area contributed by atoms with Crippen molar-refractivity contribution in [3.8, 4) is 0 Å². The normalized spacial score (nSPS) is 13.7. The van der Waals surface area contributed by atoms with Crippen LogP contribution in [-0.4, -0.2) is 37.9 Å². The minimum atomic E-state index is -0.449. The molecule has 0 unspecified atom stereocenters. The number of carbonyl (C=O) groups is 2. The standard InChI is InChI=1S/C27H22N6O3/c34-25(22-7-4-12-33(27(22)36)16-19-6-1-2-10-29-19)30-11-3-5-18-8-9-21-23(14-20-15-28-17-31-20)26(35)32-24(21)13-18/h1-10,12-15,17H,11,16H2,(H,28,31)(H,30,34)(H,32,35). The number of fused-ring (bicyclic) bond motifs is 1. The topological polar surface area (TPSA) is 122 Å². The molecule has 2 amide bonds. The molecule has 1 aliphatic heterocycles. The van der Waals surface area contributed by atoms with Crippen LogP contribution in [0.25, 0.3) is 17.7 Å². The van der Waals surface area contributed by atoms with Crippen LogP contribution in [-0.2, 0) is 11.3 Å². The van der Waals surface area contributed by atoms with Crippen molar-refractivity contribution in [2.75, 3.05) is 11.9 Å². The average molecular weight is 479 g/mol. The second kappa shape index (κ2) is 10.1. The Bertz CT molecular complexity index is 1540. The van der Waals surface area contributed by atoms with E-state index in [4.69, 9.17) is 0 Å².